The topological polar surface area (TPSA) is 69.7 Å². The molecular formula is C21H24ClN3O3S. The van der Waals surface area contributed by atoms with E-state index >= 15 is 0 Å². The molecular weight excluding hydrogens is 410 g/mol. The summed E-state index contributed by atoms with van der Waals surface area (Å²) in [6.45, 7) is 2.03. The molecule has 29 heavy (non-hydrogen) atoms. The van der Waals surface area contributed by atoms with Gasteiger partial charge in [-0.25, -0.2) is 8.42 Å². The first-order chi connectivity index (χ1) is 13.9. The molecule has 1 amide bonds. The molecule has 6 nitrogen and oxygen atoms in total. The van der Waals surface area contributed by atoms with E-state index in [-0.39, 0.29) is 17.3 Å². The van der Waals surface area contributed by atoms with Crippen molar-refractivity contribution in [2.75, 3.05) is 36.4 Å². The lowest BCUT2D eigenvalue weighted by Crippen LogP contribution is -2.35. The molecule has 0 aliphatic carbocycles. The summed E-state index contributed by atoms with van der Waals surface area (Å²) in [4.78, 5) is 14.8. The number of carbonyl (C=O) groups is 1. The largest absolute Gasteiger partial charge is 0.362 e. The fourth-order valence-corrected chi connectivity index (χ4v) is 5.66. The van der Waals surface area contributed by atoms with E-state index in [9.17, 15) is 13.2 Å². The zero-order valence-corrected chi connectivity index (χ0v) is 17.7. The molecule has 2 aromatic rings. The maximum Gasteiger partial charge on any atom is 0.243 e. The Labute approximate surface area is 176 Å². The van der Waals surface area contributed by atoms with Gasteiger partial charge in [-0.3, -0.25) is 4.79 Å². The number of nitrogens with one attached hydrogen (secondary N) is 1. The molecule has 154 valence electrons. The van der Waals surface area contributed by atoms with Gasteiger partial charge in [-0.2, -0.15) is 4.31 Å². The van der Waals surface area contributed by atoms with Crippen LogP contribution in [0.1, 0.15) is 24.8 Å². The number of piperidine rings is 1. The first-order valence-electron chi connectivity index (χ1n) is 9.87. The summed E-state index contributed by atoms with van der Waals surface area (Å²) in [5.41, 5.74) is 2.62. The van der Waals surface area contributed by atoms with Crippen LogP contribution in [0.4, 0.5) is 11.4 Å². The van der Waals surface area contributed by atoms with Gasteiger partial charge in [-0.1, -0.05) is 36.2 Å². The highest BCUT2D eigenvalue weighted by Gasteiger charge is 2.27. The molecule has 0 bridgehead atoms. The summed E-state index contributed by atoms with van der Waals surface area (Å²) in [7, 11) is -3.59. The van der Waals surface area contributed by atoms with E-state index in [0.717, 1.165) is 37.9 Å². The molecule has 0 aromatic heterocycles. The molecule has 4 rings (SSSR count). The van der Waals surface area contributed by atoms with Crippen LogP contribution in [0.2, 0.25) is 5.02 Å². The Kier molecular flexibility index (Phi) is 5.81. The zero-order chi connectivity index (χ0) is 20.4. The average molecular weight is 434 g/mol. The van der Waals surface area contributed by atoms with Crippen molar-refractivity contribution in [3.05, 3.63) is 53.1 Å². The quantitative estimate of drug-likeness (QED) is 0.783. The second-order valence-electron chi connectivity index (χ2n) is 7.45. The van der Waals surface area contributed by atoms with Gasteiger partial charge < -0.3 is 10.2 Å². The summed E-state index contributed by atoms with van der Waals surface area (Å²) < 4.78 is 27.3. The highest BCUT2D eigenvalue weighted by molar-refractivity contribution is 7.89. The molecule has 0 unspecified atom stereocenters. The van der Waals surface area contributed by atoms with Crippen LogP contribution in [0, 0.1) is 0 Å². The van der Waals surface area contributed by atoms with E-state index in [1.54, 1.807) is 0 Å². The molecule has 0 spiro atoms. The lowest BCUT2D eigenvalue weighted by Gasteiger charge is -2.26. The molecule has 1 fully saturated rings. The maximum absolute atomic E-state index is 12.9. The molecule has 0 radical (unpaired) electrons. The summed E-state index contributed by atoms with van der Waals surface area (Å²) in [5, 5.41) is 3.11. The highest BCUT2D eigenvalue weighted by atomic mass is 35.5. The normalized spacial score (nSPS) is 17.2. The Bertz CT molecular complexity index is 1020. The van der Waals surface area contributed by atoms with Crippen LogP contribution < -0.4 is 10.2 Å². The van der Waals surface area contributed by atoms with Crippen molar-refractivity contribution in [1.29, 1.82) is 0 Å². The summed E-state index contributed by atoms with van der Waals surface area (Å²) >= 11 is 6.24. The van der Waals surface area contributed by atoms with Crippen molar-refractivity contribution >= 4 is 38.9 Å². The van der Waals surface area contributed by atoms with Gasteiger partial charge >= 0.3 is 0 Å². The van der Waals surface area contributed by atoms with E-state index in [1.165, 1.54) is 28.1 Å². The molecule has 2 aliphatic heterocycles. The second kappa shape index (κ2) is 8.34. The Morgan fingerprint density at radius 1 is 1.03 bits per heavy atom. The first kappa shape index (κ1) is 20.2. The highest BCUT2D eigenvalue weighted by Crippen LogP contribution is 2.29. The Balaban J connectivity index is 1.49. The number of nitrogens with zero attached hydrogens (tertiary/aromatic N) is 2. The summed E-state index contributed by atoms with van der Waals surface area (Å²) in [5.74, 6) is -0.226. The smallest absolute Gasteiger partial charge is 0.243 e. The van der Waals surface area contributed by atoms with Crippen LogP contribution in [0.3, 0.4) is 0 Å². The molecule has 1 saturated heterocycles. The minimum absolute atomic E-state index is 0.158. The summed E-state index contributed by atoms with van der Waals surface area (Å²) in [6.07, 6.45) is 3.70. The lowest BCUT2D eigenvalue weighted by molar-refractivity contribution is -0.115. The minimum Gasteiger partial charge on any atom is -0.362 e. The number of hydrogen-bond acceptors (Lipinski definition) is 4. The fourth-order valence-electron chi connectivity index (χ4n) is 3.95. The molecule has 2 aliphatic rings. The molecule has 2 aromatic carbocycles. The van der Waals surface area contributed by atoms with Gasteiger partial charge in [0.1, 0.15) is 0 Å². The number of anilines is 2. The average Bonchev–Trinajstić information content (AvgIpc) is 3.13. The standard InChI is InChI=1S/C21H24ClN3O3S/c22-18-9-8-17(29(27,28)25-11-4-1-5-12-25)14-19(18)23-21(26)15-24-13-10-16-6-2-3-7-20(16)24/h2-3,6-9,14H,1,4-5,10-13,15H2,(H,23,26). The number of fused-ring (bicyclic) bond motifs is 1. The number of hydrogen-bond donors (Lipinski definition) is 1. The first-order valence-corrected chi connectivity index (χ1v) is 11.7. The predicted molar refractivity (Wildman–Crippen MR) is 115 cm³/mol. The van der Waals surface area contributed by atoms with Gasteiger partial charge in [0.05, 0.1) is 22.2 Å². The monoisotopic (exact) mass is 433 g/mol. The van der Waals surface area contributed by atoms with E-state index in [2.05, 4.69) is 11.4 Å². The number of amides is 1. The third kappa shape index (κ3) is 4.27. The van der Waals surface area contributed by atoms with Crippen molar-refractivity contribution in [3.63, 3.8) is 0 Å². The lowest BCUT2D eigenvalue weighted by atomic mass is 10.2. The van der Waals surface area contributed by atoms with Gasteiger partial charge in [0, 0.05) is 25.3 Å². The third-order valence-electron chi connectivity index (χ3n) is 5.48. The van der Waals surface area contributed by atoms with Crippen molar-refractivity contribution in [3.8, 4) is 0 Å². The van der Waals surface area contributed by atoms with E-state index < -0.39 is 10.0 Å². The molecule has 0 saturated carbocycles. The molecule has 1 N–H and O–H groups in total. The Morgan fingerprint density at radius 3 is 2.59 bits per heavy atom. The summed E-state index contributed by atoms with van der Waals surface area (Å²) in [6, 6.07) is 12.5. The second-order valence-corrected chi connectivity index (χ2v) is 9.80. The van der Waals surface area contributed by atoms with Crippen LogP contribution >= 0.6 is 11.6 Å². The van der Waals surface area contributed by atoms with E-state index in [1.807, 2.05) is 23.1 Å². The number of sulfonamides is 1. The van der Waals surface area contributed by atoms with Gasteiger partial charge in [-0.05, 0) is 49.1 Å². The zero-order valence-electron chi connectivity index (χ0n) is 16.1. The van der Waals surface area contributed by atoms with Crippen molar-refractivity contribution in [2.24, 2.45) is 0 Å². The Hall–Kier alpha value is -2.09. The van der Waals surface area contributed by atoms with E-state index in [0.29, 0.717) is 23.8 Å². The van der Waals surface area contributed by atoms with Gasteiger partial charge in [-0.15, -0.1) is 0 Å². The van der Waals surface area contributed by atoms with Crippen LogP contribution in [-0.4, -0.2) is 44.8 Å². The van der Waals surface area contributed by atoms with Gasteiger partial charge in [0.15, 0.2) is 0 Å². The minimum atomic E-state index is -3.59. The van der Waals surface area contributed by atoms with Crippen LogP contribution in [0.5, 0.6) is 0 Å². The fraction of sp³-hybridized carbons (Fsp3) is 0.381. The molecule has 0 atom stereocenters. The van der Waals surface area contributed by atoms with Crippen LogP contribution in [0.25, 0.3) is 0 Å². The SMILES string of the molecule is O=C(CN1CCc2ccccc21)Nc1cc(S(=O)(=O)N2CCCCC2)ccc1Cl. The number of para-hydroxylation sites is 1. The number of carbonyl (C=O) groups excluding carboxylic acids is 1. The van der Waals surface area contributed by atoms with E-state index in [4.69, 9.17) is 11.6 Å². The third-order valence-corrected chi connectivity index (χ3v) is 7.71. The van der Waals surface area contributed by atoms with Crippen molar-refractivity contribution in [2.45, 2.75) is 30.6 Å². The predicted octanol–water partition coefficient (Wildman–Crippen LogP) is 3.52. The van der Waals surface area contributed by atoms with Crippen LogP contribution in [0.15, 0.2) is 47.4 Å². The van der Waals surface area contributed by atoms with Crippen molar-refractivity contribution in [1.82, 2.24) is 4.31 Å². The van der Waals surface area contributed by atoms with Crippen molar-refractivity contribution < 1.29 is 13.2 Å². The Morgan fingerprint density at radius 2 is 1.79 bits per heavy atom. The van der Waals surface area contributed by atoms with Gasteiger partial charge in [0.2, 0.25) is 15.9 Å². The van der Waals surface area contributed by atoms with Crippen LogP contribution in [-0.2, 0) is 21.2 Å². The number of rotatable bonds is 5. The number of benzene rings is 2. The molecule has 8 heteroatoms. The van der Waals surface area contributed by atoms with Gasteiger partial charge in [0.25, 0.3) is 0 Å². The number of halogens is 1. The maximum atomic E-state index is 12.9. The molecule has 2 heterocycles.